The van der Waals surface area contributed by atoms with Crippen LogP contribution in [0, 0.1) is 26.2 Å². The SMILES string of the molecule is C#Cc1ccc(C(C(=O)Nc2c(C)cccc2C)N(CC=C)C(=O)C(CS)NC(=O)OC(C)(C)C)cc1. The molecule has 0 aliphatic heterocycles. The van der Waals surface area contributed by atoms with E-state index in [9.17, 15) is 14.4 Å². The number of hydrogen-bond donors (Lipinski definition) is 3. The third-order valence-corrected chi connectivity index (χ3v) is 5.83. The molecule has 7 nitrogen and oxygen atoms in total. The number of alkyl carbamates (subject to hydrolysis) is 1. The number of hydrogen-bond acceptors (Lipinski definition) is 5. The summed E-state index contributed by atoms with van der Waals surface area (Å²) in [6.45, 7) is 12.8. The summed E-state index contributed by atoms with van der Waals surface area (Å²) < 4.78 is 5.31. The van der Waals surface area contributed by atoms with Crippen molar-refractivity contribution in [3.05, 3.63) is 77.4 Å². The minimum absolute atomic E-state index is 0.00695. The Kier molecular flexibility index (Phi) is 10.4. The van der Waals surface area contributed by atoms with Gasteiger partial charge in [-0.1, -0.05) is 42.3 Å². The lowest BCUT2D eigenvalue weighted by atomic mass is 10.0. The molecule has 0 aromatic heterocycles. The standard InChI is InChI=1S/C29H35N3O4S/c1-8-17-32(27(34)23(18-37)30-28(35)36-29(5,6)7)25(22-15-13-21(9-2)14-16-22)26(33)31-24-19(3)11-10-12-20(24)4/h2,8,10-16,23,25,37H,1,17-18H2,3-7H3,(H,30,35)(H,31,33). The first-order valence-corrected chi connectivity index (χ1v) is 12.5. The van der Waals surface area contributed by atoms with Crippen LogP contribution in [0.2, 0.25) is 0 Å². The second-order valence-electron chi connectivity index (χ2n) is 9.59. The summed E-state index contributed by atoms with van der Waals surface area (Å²) >= 11 is 4.28. The zero-order valence-electron chi connectivity index (χ0n) is 22.0. The molecule has 2 unspecified atom stereocenters. The molecule has 2 aromatic carbocycles. The van der Waals surface area contributed by atoms with Gasteiger partial charge in [0.25, 0.3) is 5.91 Å². The third-order valence-electron chi connectivity index (χ3n) is 5.46. The molecule has 0 aliphatic rings. The fourth-order valence-corrected chi connectivity index (χ4v) is 3.98. The highest BCUT2D eigenvalue weighted by Crippen LogP contribution is 2.27. The smallest absolute Gasteiger partial charge is 0.408 e. The van der Waals surface area contributed by atoms with Gasteiger partial charge in [0.15, 0.2) is 0 Å². The minimum Gasteiger partial charge on any atom is -0.444 e. The Labute approximate surface area is 225 Å². The number of benzene rings is 2. The summed E-state index contributed by atoms with van der Waals surface area (Å²) in [5.41, 5.74) is 2.88. The van der Waals surface area contributed by atoms with E-state index < -0.39 is 35.6 Å². The van der Waals surface area contributed by atoms with E-state index in [2.05, 4.69) is 35.8 Å². The van der Waals surface area contributed by atoms with E-state index in [4.69, 9.17) is 11.2 Å². The van der Waals surface area contributed by atoms with Crippen LogP contribution in [0.5, 0.6) is 0 Å². The Hall–Kier alpha value is -3.70. The molecule has 3 amide bonds. The van der Waals surface area contributed by atoms with Gasteiger partial charge in [0, 0.05) is 23.5 Å². The van der Waals surface area contributed by atoms with Crippen molar-refractivity contribution in [3.8, 4) is 12.3 Å². The lowest BCUT2D eigenvalue weighted by molar-refractivity contribution is -0.139. The van der Waals surface area contributed by atoms with E-state index in [0.717, 1.165) is 11.1 Å². The van der Waals surface area contributed by atoms with Crippen LogP contribution in [0.3, 0.4) is 0 Å². The van der Waals surface area contributed by atoms with Crippen molar-refractivity contribution < 1.29 is 19.1 Å². The molecule has 2 N–H and O–H groups in total. The first kappa shape index (κ1) is 29.5. The first-order valence-electron chi connectivity index (χ1n) is 11.9. The summed E-state index contributed by atoms with van der Waals surface area (Å²) in [6.07, 6.45) is 6.27. The molecular formula is C29H35N3O4S. The lowest BCUT2D eigenvalue weighted by Crippen LogP contribution is -2.53. The first-order chi connectivity index (χ1) is 17.4. The minimum atomic E-state index is -1.04. The van der Waals surface area contributed by atoms with Crippen LogP contribution in [0.4, 0.5) is 10.5 Å². The highest BCUT2D eigenvalue weighted by atomic mass is 32.1. The van der Waals surface area contributed by atoms with Gasteiger partial charge in [-0.05, 0) is 63.4 Å². The maximum Gasteiger partial charge on any atom is 0.408 e. The second-order valence-corrected chi connectivity index (χ2v) is 9.95. The lowest BCUT2D eigenvalue weighted by Gasteiger charge is -2.33. The van der Waals surface area contributed by atoms with Crippen LogP contribution in [0.25, 0.3) is 0 Å². The fraction of sp³-hybridized carbons (Fsp3) is 0.345. The van der Waals surface area contributed by atoms with E-state index >= 15 is 0 Å². The molecule has 2 atom stereocenters. The van der Waals surface area contributed by atoms with Gasteiger partial charge < -0.3 is 20.3 Å². The molecular weight excluding hydrogens is 486 g/mol. The van der Waals surface area contributed by atoms with Gasteiger partial charge in [-0.25, -0.2) is 4.79 Å². The van der Waals surface area contributed by atoms with E-state index in [0.29, 0.717) is 16.8 Å². The van der Waals surface area contributed by atoms with Gasteiger partial charge in [0.1, 0.15) is 17.7 Å². The zero-order valence-corrected chi connectivity index (χ0v) is 22.9. The fourth-order valence-electron chi connectivity index (χ4n) is 3.73. The second kappa shape index (κ2) is 13.0. The number of nitrogens with one attached hydrogen (secondary N) is 2. The Balaban J connectivity index is 2.51. The zero-order chi connectivity index (χ0) is 27.8. The number of carbonyl (C=O) groups is 3. The van der Waals surface area contributed by atoms with Crippen LogP contribution < -0.4 is 10.6 Å². The van der Waals surface area contributed by atoms with Crippen LogP contribution in [-0.2, 0) is 14.3 Å². The van der Waals surface area contributed by atoms with Crippen molar-refractivity contribution in [1.82, 2.24) is 10.2 Å². The Morgan fingerprint density at radius 1 is 1.14 bits per heavy atom. The molecule has 2 rings (SSSR count). The molecule has 0 saturated carbocycles. The van der Waals surface area contributed by atoms with Crippen LogP contribution in [0.15, 0.2) is 55.1 Å². The van der Waals surface area contributed by atoms with Crippen LogP contribution in [-0.4, -0.2) is 46.7 Å². The van der Waals surface area contributed by atoms with Gasteiger partial charge in [0.2, 0.25) is 5.91 Å². The van der Waals surface area contributed by atoms with Crippen molar-refractivity contribution >= 4 is 36.2 Å². The molecule has 0 saturated heterocycles. The number of nitrogens with zero attached hydrogens (tertiary/aromatic N) is 1. The van der Waals surface area contributed by atoms with E-state index in [-0.39, 0.29) is 12.3 Å². The normalized spacial score (nSPS) is 12.5. The number of ether oxygens (including phenoxy) is 1. The number of rotatable bonds is 9. The number of carbonyl (C=O) groups excluding carboxylic acids is 3. The number of amides is 3. The topological polar surface area (TPSA) is 87.7 Å². The molecule has 0 heterocycles. The van der Waals surface area contributed by atoms with E-state index in [1.165, 1.54) is 11.0 Å². The molecule has 0 radical (unpaired) electrons. The number of aryl methyl sites for hydroxylation is 2. The maximum atomic E-state index is 13.8. The number of terminal acetylenes is 1. The molecule has 0 fully saturated rings. The van der Waals surface area contributed by atoms with Crippen molar-refractivity contribution in [3.63, 3.8) is 0 Å². The van der Waals surface area contributed by atoms with Crippen molar-refractivity contribution in [2.75, 3.05) is 17.6 Å². The van der Waals surface area contributed by atoms with E-state index in [1.54, 1.807) is 45.0 Å². The molecule has 0 bridgehead atoms. The van der Waals surface area contributed by atoms with Crippen molar-refractivity contribution in [2.24, 2.45) is 0 Å². The molecule has 196 valence electrons. The molecule has 8 heteroatoms. The Morgan fingerprint density at radius 3 is 2.22 bits per heavy atom. The molecule has 37 heavy (non-hydrogen) atoms. The number of thiol groups is 1. The summed E-state index contributed by atoms with van der Waals surface area (Å²) in [5.74, 6) is 1.62. The predicted octanol–water partition coefficient (Wildman–Crippen LogP) is 4.80. The largest absolute Gasteiger partial charge is 0.444 e. The van der Waals surface area contributed by atoms with Gasteiger partial charge in [-0.2, -0.15) is 12.6 Å². The highest BCUT2D eigenvalue weighted by Gasteiger charge is 2.35. The molecule has 0 aliphatic carbocycles. The molecule has 2 aromatic rings. The van der Waals surface area contributed by atoms with E-state index in [1.807, 2.05) is 32.0 Å². The monoisotopic (exact) mass is 521 g/mol. The quantitative estimate of drug-likeness (QED) is 0.251. The Morgan fingerprint density at radius 2 is 1.73 bits per heavy atom. The van der Waals surface area contributed by atoms with Gasteiger partial charge in [-0.15, -0.1) is 13.0 Å². The van der Waals surface area contributed by atoms with Crippen LogP contribution in [0.1, 0.15) is 49.1 Å². The third kappa shape index (κ3) is 8.16. The number of anilines is 1. The average Bonchev–Trinajstić information content (AvgIpc) is 2.83. The highest BCUT2D eigenvalue weighted by molar-refractivity contribution is 7.80. The summed E-state index contributed by atoms with van der Waals surface area (Å²) in [7, 11) is 0. The van der Waals surface area contributed by atoms with Crippen molar-refractivity contribution in [2.45, 2.75) is 52.3 Å². The summed E-state index contributed by atoms with van der Waals surface area (Å²) in [6, 6.07) is 10.5. The Bertz CT molecular complexity index is 1160. The predicted molar refractivity (Wildman–Crippen MR) is 151 cm³/mol. The maximum absolute atomic E-state index is 13.8. The molecule has 0 spiro atoms. The van der Waals surface area contributed by atoms with Gasteiger partial charge in [0.05, 0.1) is 0 Å². The van der Waals surface area contributed by atoms with Gasteiger partial charge >= 0.3 is 6.09 Å². The average molecular weight is 522 g/mol. The van der Waals surface area contributed by atoms with Gasteiger partial charge in [-0.3, -0.25) is 9.59 Å². The summed E-state index contributed by atoms with van der Waals surface area (Å²) in [4.78, 5) is 41.3. The summed E-state index contributed by atoms with van der Waals surface area (Å²) in [5, 5.41) is 5.56. The number of para-hydroxylation sites is 1. The van der Waals surface area contributed by atoms with Crippen molar-refractivity contribution in [1.29, 1.82) is 0 Å². The van der Waals surface area contributed by atoms with Crippen LogP contribution >= 0.6 is 12.6 Å².